The van der Waals surface area contributed by atoms with Gasteiger partial charge in [0.2, 0.25) is 10.0 Å². The molecule has 206 valence electrons. The summed E-state index contributed by atoms with van der Waals surface area (Å²) in [5.41, 5.74) is 2.68. The zero-order valence-corrected chi connectivity index (χ0v) is 24.0. The van der Waals surface area contributed by atoms with Gasteiger partial charge in [-0.3, -0.25) is 9.59 Å². The summed E-state index contributed by atoms with van der Waals surface area (Å²) in [5.74, 6) is 0.0193. The van der Waals surface area contributed by atoms with E-state index in [2.05, 4.69) is 0 Å². The molecule has 1 aromatic heterocycles. The van der Waals surface area contributed by atoms with Crippen LogP contribution in [0.3, 0.4) is 0 Å². The number of rotatable bonds is 9. The van der Waals surface area contributed by atoms with E-state index < -0.39 is 10.0 Å². The van der Waals surface area contributed by atoms with E-state index >= 15 is 0 Å². The second-order valence-electron chi connectivity index (χ2n) is 10.3. The van der Waals surface area contributed by atoms with Crippen molar-refractivity contribution in [1.29, 1.82) is 0 Å². The fourth-order valence-corrected chi connectivity index (χ4v) is 7.65. The fourth-order valence-electron chi connectivity index (χ4n) is 4.92. The van der Waals surface area contributed by atoms with Crippen LogP contribution in [0.2, 0.25) is 0 Å². The Labute approximate surface area is 233 Å². The number of benzene rings is 2. The van der Waals surface area contributed by atoms with Gasteiger partial charge in [-0.15, -0.1) is 11.3 Å². The Balaban J connectivity index is 1.49. The molecule has 2 heterocycles. The lowest BCUT2D eigenvalue weighted by molar-refractivity contribution is -0.140. The van der Waals surface area contributed by atoms with Crippen LogP contribution in [0.25, 0.3) is 0 Å². The number of carbonyl (C=O) groups is 2. The summed E-state index contributed by atoms with van der Waals surface area (Å²) in [7, 11) is -2.43. The van der Waals surface area contributed by atoms with Crippen molar-refractivity contribution in [3.05, 3.63) is 81.0 Å². The molecule has 2 atom stereocenters. The number of Topliss-reactive ketones (excluding diaryl/α,β-unsaturated/α-hetero) is 1. The maximum absolute atomic E-state index is 13.7. The van der Waals surface area contributed by atoms with Crippen LogP contribution >= 0.6 is 11.3 Å². The molecule has 7 nitrogen and oxygen atoms in total. The summed E-state index contributed by atoms with van der Waals surface area (Å²) in [6.07, 6.45) is 2.39. The molecule has 3 aromatic rings. The molecule has 1 aliphatic carbocycles. The average Bonchev–Trinajstić information content (AvgIpc) is 3.69. The summed E-state index contributed by atoms with van der Waals surface area (Å²) in [6, 6.07) is 16.5. The van der Waals surface area contributed by atoms with Crippen LogP contribution in [0.1, 0.15) is 69.8 Å². The van der Waals surface area contributed by atoms with E-state index in [0.29, 0.717) is 12.2 Å². The molecule has 0 radical (unpaired) electrons. The Morgan fingerprint density at radius 2 is 1.90 bits per heavy atom. The predicted octanol–water partition coefficient (Wildman–Crippen LogP) is 5.71. The molecule has 39 heavy (non-hydrogen) atoms. The molecule has 0 spiro atoms. The average molecular weight is 568 g/mol. The fraction of sp³-hybridized carbons (Fsp3) is 0.400. The molecule has 2 aromatic carbocycles. The van der Waals surface area contributed by atoms with Gasteiger partial charge in [-0.2, -0.15) is 4.31 Å². The second-order valence-corrected chi connectivity index (χ2v) is 13.3. The number of thiophene rings is 1. The lowest BCUT2D eigenvalue weighted by atomic mass is 9.91. The molecule has 1 unspecified atom stereocenters. The zero-order valence-electron chi connectivity index (χ0n) is 22.4. The van der Waals surface area contributed by atoms with Crippen molar-refractivity contribution < 1.29 is 27.5 Å². The summed E-state index contributed by atoms with van der Waals surface area (Å²) >= 11 is 1.43. The van der Waals surface area contributed by atoms with Gasteiger partial charge in [0, 0.05) is 23.3 Å². The van der Waals surface area contributed by atoms with Gasteiger partial charge in [0.1, 0.15) is 16.7 Å². The molecule has 5 rings (SSSR count). The molecule has 0 bridgehead atoms. The summed E-state index contributed by atoms with van der Waals surface area (Å²) in [5, 5.41) is 0. The third-order valence-electron chi connectivity index (χ3n) is 7.51. The van der Waals surface area contributed by atoms with Gasteiger partial charge in [-0.1, -0.05) is 37.3 Å². The molecular weight excluding hydrogens is 534 g/mol. The number of hydrogen-bond acceptors (Lipinski definition) is 7. The van der Waals surface area contributed by atoms with Gasteiger partial charge < -0.3 is 9.47 Å². The first kappa shape index (κ1) is 27.6. The van der Waals surface area contributed by atoms with Crippen molar-refractivity contribution in [2.45, 2.75) is 63.0 Å². The number of carbonyl (C=O) groups excluding carboxylic acids is 2. The van der Waals surface area contributed by atoms with Gasteiger partial charge >= 0.3 is 5.97 Å². The molecule has 1 saturated carbocycles. The number of hydrogen-bond donors (Lipinski definition) is 0. The monoisotopic (exact) mass is 567 g/mol. The highest BCUT2D eigenvalue weighted by Gasteiger charge is 2.35. The van der Waals surface area contributed by atoms with Crippen LogP contribution < -0.4 is 4.74 Å². The first-order valence-electron chi connectivity index (χ1n) is 13.3. The number of ether oxygens (including phenoxy) is 2. The van der Waals surface area contributed by atoms with Gasteiger partial charge in [0.05, 0.1) is 25.0 Å². The van der Waals surface area contributed by atoms with E-state index in [0.717, 1.165) is 39.3 Å². The minimum atomic E-state index is -3.80. The summed E-state index contributed by atoms with van der Waals surface area (Å²) < 4.78 is 40.0. The third-order valence-corrected chi connectivity index (χ3v) is 10.6. The highest BCUT2D eigenvalue weighted by molar-refractivity contribution is 7.89. The number of sulfonamides is 1. The van der Waals surface area contributed by atoms with Crippen molar-refractivity contribution in [1.82, 2.24) is 4.31 Å². The summed E-state index contributed by atoms with van der Waals surface area (Å²) in [4.78, 5) is 26.9. The minimum Gasteiger partial charge on any atom is -0.488 e. The number of nitrogens with zero attached hydrogens (tertiary/aromatic N) is 1. The Morgan fingerprint density at radius 3 is 2.62 bits per heavy atom. The van der Waals surface area contributed by atoms with E-state index in [9.17, 15) is 18.0 Å². The number of esters is 1. The third kappa shape index (κ3) is 5.81. The van der Waals surface area contributed by atoms with Crippen LogP contribution in [0, 0.1) is 12.8 Å². The quantitative estimate of drug-likeness (QED) is 0.243. The Kier molecular flexibility index (Phi) is 7.94. The normalized spacial score (nSPS) is 19.4. The van der Waals surface area contributed by atoms with E-state index in [-0.39, 0.29) is 54.1 Å². The summed E-state index contributed by atoms with van der Waals surface area (Å²) in [6.45, 7) is 4.35. The highest BCUT2D eigenvalue weighted by Crippen LogP contribution is 2.39. The topological polar surface area (TPSA) is 90.0 Å². The van der Waals surface area contributed by atoms with Crippen LogP contribution in [0.15, 0.2) is 59.5 Å². The maximum atomic E-state index is 13.7. The molecule has 0 amide bonds. The molecule has 2 aliphatic rings. The molecule has 1 aliphatic heterocycles. The van der Waals surface area contributed by atoms with Crippen LogP contribution in [-0.2, 0) is 26.1 Å². The van der Waals surface area contributed by atoms with Crippen LogP contribution in [0.4, 0.5) is 0 Å². The second kappa shape index (κ2) is 11.2. The first-order valence-corrected chi connectivity index (χ1v) is 15.5. The Hall–Kier alpha value is -3.01. The standard InChI is InChI=1S/C30H33NO6S2/c1-4-23-18-31(39(34,35)28-8-6-5-7-25(28)37-23)17-22-15-21(10-9-19(22)2)24(16-29(32)36-3)26-13-14-27(38-26)30(33)20-11-12-20/h5-10,13-15,20,23-24H,4,11-12,16-18H2,1-3H3/t23-,24?/m1/s1. The van der Waals surface area contributed by atoms with Crippen molar-refractivity contribution in [3.63, 3.8) is 0 Å². The van der Waals surface area contributed by atoms with Gasteiger partial charge in [0.15, 0.2) is 5.78 Å². The lowest BCUT2D eigenvalue weighted by Crippen LogP contribution is -2.36. The van der Waals surface area contributed by atoms with Gasteiger partial charge in [-0.25, -0.2) is 8.42 Å². The number of ketones is 1. The predicted molar refractivity (Wildman–Crippen MR) is 150 cm³/mol. The maximum Gasteiger partial charge on any atom is 0.306 e. The van der Waals surface area contributed by atoms with E-state index in [1.165, 1.54) is 22.8 Å². The van der Waals surface area contributed by atoms with Crippen LogP contribution in [-0.4, -0.2) is 44.2 Å². The van der Waals surface area contributed by atoms with Crippen molar-refractivity contribution in [2.24, 2.45) is 5.92 Å². The van der Waals surface area contributed by atoms with E-state index in [4.69, 9.17) is 9.47 Å². The number of methoxy groups -OCH3 is 1. The van der Waals surface area contributed by atoms with Crippen molar-refractivity contribution >= 4 is 33.1 Å². The SMILES string of the molecule is CC[C@@H]1CN(Cc2cc(C(CC(=O)OC)c3ccc(C(=O)C4CC4)s3)ccc2C)S(=O)(=O)c2ccccc2O1. The highest BCUT2D eigenvalue weighted by atomic mass is 32.2. The Morgan fingerprint density at radius 1 is 1.13 bits per heavy atom. The smallest absolute Gasteiger partial charge is 0.306 e. The molecule has 9 heteroatoms. The minimum absolute atomic E-state index is 0.123. The molecule has 0 N–H and O–H groups in total. The van der Waals surface area contributed by atoms with E-state index in [1.807, 2.05) is 44.2 Å². The van der Waals surface area contributed by atoms with Crippen molar-refractivity contribution in [3.8, 4) is 5.75 Å². The molecular formula is C30H33NO6S2. The number of para-hydroxylation sites is 1. The first-order chi connectivity index (χ1) is 18.7. The van der Waals surface area contributed by atoms with Gasteiger partial charge in [0.25, 0.3) is 0 Å². The van der Waals surface area contributed by atoms with Crippen LogP contribution in [0.5, 0.6) is 5.75 Å². The Bertz CT molecular complexity index is 1490. The zero-order chi connectivity index (χ0) is 27.7. The largest absolute Gasteiger partial charge is 0.488 e. The van der Waals surface area contributed by atoms with E-state index in [1.54, 1.807) is 24.3 Å². The molecule has 0 saturated heterocycles. The van der Waals surface area contributed by atoms with Crippen molar-refractivity contribution in [2.75, 3.05) is 13.7 Å². The lowest BCUT2D eigenvalue weighted by Gasteiger charge is -2.24. The number of aryl methyl sites for hydroxylation is 1. The molecule has 1 fully saturated rings. The number of fused-ring (bicyclic) bond motifs is 1. The van der Waals surface area contributed by atoms with Gasteiger partial charge in [-0.05, 0) is 67.1 Å².